The van der Waals surface area contributed by atoms with E-state index in [0.717, 1.165) is 31.6 Å². The standard InChI is InChI=1S/C22H29N5O4/c1-15(2)11-16(22(29)30)12-25-20(28)18-13-24-19(27-9-5-6-10-27)21(26-18)31-14-17-7-3-4-8-23-17/h3-4,7-8,13,15-16H,5-6,9-12,14H2,1-2H3,(H,25,28)(H,29,30)/t16-/m0/s1. The lowest BCUT2D eigenvalue weighted by Gasteiger charge is -2.20. The molecule has 0 bridgehead atoms. The van der Waals surface area contributed by atoms with Gasteiger partial charge in [-0.1, -0.05) is 19.9 Å². The SMILES string of the molecule is CC(C)C[C@@H](CNC(=O)c1cnc(N2CCCC2)c(OCc2ccccn2)n1)C(=O)O. The maximum atomic E-state index is 12.6. The first-order valence-electron chi connectivity index (χ1n) is 10.6. The fraction of sp³-hybridized carbons (Fsp3) is 0.500. The Morgan fingerprint density at radius 2 is 2.00 bits per heavy atom. The smallest absolute Gasteiger partial charge is 0.308 e. The topological polar surface area (TPSA) is 118 Å². The van der Waals surface area contributed by atoms with Crippen LogP contribution in [0.2, 0.25) is 0 Å². The molecule has 2 aromatic rings. The van der Waals surface area contributed by atoms with Crippen molar-refractivity contribution in [3.8, 4) is 5.88 Å². The summed E-state index contributed by atoms with van der Waals surface area (Å²) in [6, 6.07) is 5.55. The molecule has 2 aromatic heterocycles. The van der Waals surface area contributed by atoms with E-state index in [1.807, 2.05) is 32.0 Å². The largest absolute Gasteiger partial charge is 0.481 e. The summed E-state index contributed by atoms with van der Waals surface area (Å²) >= 11 is 0. The Bertz CT molecular complexity index is 885. The van der Waals surface area contributed by atoms with Crippen LogP contribution in [-0.2, 0) is 11.4 Å². The lowest BCUT2D eigenvalue weighted by atomic mass is 9.97. The number of ether oxygens (including phenoxy) is 1. The predicted octanol–water partition coefficient (Wildman–Crippen LogP) is 2.53. The van der Waals surface area contributed by atoms with Crippen molar-refractivity contribution in [1.82, 2.24) is 20.3 Å². The maximum absolute atomic E-state index is 12.6. The molecule has 0 unspecified atom stereocenters. The first-order chi connectivity index (χ1) is 14.9. The number of carbonyl (C=O) groups excluding carboxylic acids is 1. The molecule has 166 valence electrons. The van der Waals surface area contributed by atoms with Gasteiger partial charge in [0.2, 0.25) is 0 Å². The molecule has 2 N–H and O–H groups in total. The number of hydrogen-bond acceptors (Lipinski definition) is 7. The fourth-order valence-electron chi connectivity index (χ4n) is 3.49. The Kier molecular flexibility index (Phi) is 7.75. The van der Waals surface area contributed by atoms with Crippen molar-refractivity contribution in [3.63, 3.8) is 0 Å². The van der Waals surface area contributed by atoms with Gasteiger partial charge in [0.25, 0.3) is 11.8 Å². The number of rotatable bonds is 10. The number of nitrogens with zero attached hydrogens (tertiary/aromatic N) is 4. The molecule has 31 heavy (non-hydrogen) atoms. The van der Waals surface area contributed by atoms with E-state index >= 15 is 0 Å². The zero-order chi connectivity index (χ0) is 22.2. The fourth-order valence-corrected chi connectivity index (χ4v) is 3.49. The Hall–Kier alpha value is -3.23. The van der Waals surface area contributed by atoms with Crippen LogP contribution in [0.5, 0.6) is 5.88 Å². The van der Waals surface area contributed by atoms with E-state index in [1.165, 1.54) is 6.20 Å². The van der Waals surface area contributed by atoms with Crippen molar-refractivity contribution in [2.24, 2.45) is 11.8 Å². The van der Waals surface area contributed by atoms with Gasteiger partial charge in [0.15, 0.2) is 11.5 Å². The van der Waals surface area contributed by atoms with E-state index in [0.29, 0.717) is 12.2 Å². The zero-order valence-corrected chi connectivity index (χ0v) is 18.0. The van der Waals surface area contributed by atoms with Crippen LogP contribution in [0.25, 0.3) is 0 Å². The molecule has 3 rings (SSSR count). The normalized spacial score (nSPS) is 14.5. The Labute approximate surface area is 181 Å². The number of carboxylic acids is 1. The van der Waals surface area contributed by atoms with Crippen molar-refractivity contribution < 1.29 is 19.4 Å². The van der Waals surface area contributed by atoms with Gasteiger partial charge in [0.05, 0.1) is 17.8 Å². The minimum Gasteiger partial charge on any atom is -0.481 e. The van der Waals surface area contributed by atoms with Crippen LogP contribution < -0.4 is 15.0 Å². The number of carbonyl (C=O) groups is 2. The Balaban J connectivity index is 1.73. The highest BCUT2D eigenvalue weighted by molar-refractivity contribution is 5.92. The number of aliphatic carboxylic acids is 1. The van der Waals surface area contributed by atoms with Crippen LogP contribution in [-0.4, -0.2) is 51.6 Å². The van der Waals surface area contributed by atoms with Crippen LogP contribution in [0.15, 0.2) is 30.6 Å². The molecule has 3 heterocycles. The third-order valence-electron chi connectivity index (χ3n) is 5.06. The first kappa shape index (κ1) is 22.5. The summed E-state index contributed by atoms with van der Waals surface area (Å²) in [5.41, 5.74) is 0.831. The van der Waals surface area contributed by atoms with Gasteiger partial charge in [-0.2, -0.15) is 0 Å². The number of carboxylic acid groups (broad SMARTS) is 1. The summed E-state index contributed by atoms with van der Waals surface area (Å²) in [6.45, 7) is 5.85. The average molecular weight is 428 g/mol. The molecule has 1 amide bonds. The molecule has 1 fully saturated rings. The number of pyridine rings is 1. The zero-order valence-electron chi connectivity index (χ0n) is 18.0. The third kappa shape index (κ3) is 6.37. The van der Waals surface area contributed by atoms with Gasteiger partial charge in [0.1, 0.15) is 6.61 Å². The molecule has 0 aromatic carbocycles. The molecule has 1 aliphatic rings. The van der Waals surface area contributed by atoms with E-state index in [-0.39, 0.29) is 30.6 Å². The number of nitrogens with one attached hydrogen (secondary N) is 1. The quantitative estimate of drug-likeness (QED) is 0.594. The van der Waals surface area contributed by atoms with Crippen LogP contribution in [0.3, 0.4) is 0 Å². The van der Waals surface area contributed by atoms with Gasteiger partial charge in [-0.05, 0) is 37.3 Å². The predicted molar refractivity (Wildman–Crippen MR) is 115 cm³/mol. The van der Waals surface area contributed by atoms with E-state index < -0.39 is 17.8 Å². The highest BCUT2D eigenvalue weighted by Gasteiger charge is 2.23. The number of aromatic nitrogens is 3. The highest BCUT2D eigenvalue weighted by Crippen LogP contribution is 2.27. The summed E-state index contributed by atoms with van der Waals surface area (Å²) in [4.78, 5) is 39.2. The molecular weight excluding hydrogens is 398 g/mol. The molecule has 1 saturated heterocycles. The van der Waals surface area contributed by atoms with Gasteiger partial charge in [-0.15, -0.1) is 0 Å². The number of anilines is 1. The highest BCUT2D eigenvalue weighted by atomic mass is 16.5. The van der Waals surface area contributed by atoms with E-state index in [9.17, 15) is 14.7 Å². The van der Waals surface area contributed by atoms with Gasteiger partial charge in [0, 0.05) is 25.8 Å². The molecular formula is C22H29N5O4. The first-order valence-corrected chi connectivity index (χ1v) is 10.6. The number of hydrogen-bond donors (Lipinski definition) is 2. The molecule has 0 saturated carbocycles. The molecule has 0 aliphatic carbocycles. The van der Waals surface area contributed by atoms with Gasteiger partial charge >= 0.3 is 5.97 Å². The second-order valence-electron chi connectivity index (χ2n) is 8.06. The van der Waals surface area contributed by atoms with E-state index in [4.69, 9.17) is 4.74 Å². The van der Waals surface area contributed by atoms with Crippen molar-refractivity contribution in [2.75, 3.05) is 24.5 Å². The second-order valence-corrected chi connectivity index (χ2v) is 8.06. The number of amides is 1. The monoisotopic (exact) mass is 427 g/mol. The van der Waals surface area contributed by atoms with Crippen LogP contribution in [0, 0.1) is 11.8 Å². The van der Waals surface area contributed by atoms with Crippen molar-refractivity contribution in [1.29, 1.82) is 0 Å². The second kappa shape index (κ2) is 10.7. The van der Waals surface area contributed by atoms with Crippen LogP contribution in [0.4, 0.5) is 5.82 Å². The molecule has 1 aliphatic heterocycles. The Morgan fingerprint density at radius 3 is 2.65 bits per heavy atom. The molecule has 9 nitrogen and oxygen atoms in total. The molecule has 0 radical (unpaired) electrons. The van der Waals surface area contributed by atoms with E-state index in [2.05, 4.69) is 25.2 Å². The molecule has 0 spiro atoms. The maximum Gasteiger partial charge on any atom is 0.308 e. The summed E-state index contributed by atoms with van der Waals surface area (Å²) in [6.07, 6.45) is 5.71. The van der Waals surface area contributed by atoms with Crippen LogP contribution in [0.1, 0.15) is 49.3 Å². The van der Waals surface area contributed by atoms with E-state index in [1.54, 1.807) is 6.20 Å². The van der Waals surface area contributed by atoms with Crippen molar-refractivity contribution in [3.05, 3.63) is 42.0 Å². The Morgan fingerprint density at radius 1 is 1.23 bits per heavy atom. The minimum atomic E-state index is -0.927. The summed E-state index contributed by atoms with van der Waals surface area (Å²) < 4.78 is 5.89. The third-order valence-corrected chi connectivity index (χ3v) is 5.06. The van der Waals surface area contributed by atoms with Gasteiger partial charge < -0.3 is 20.1 Å². The van der Waals surface area contributed by atoms with Gasteiger partial charge in [-0.3, -0.25) is 14.6 Å². The minimum absolute atomic E-state index is 0.0338. The summed E-state index contributed by atoms with van der Waals surface area (Å²) in [5, 5.41) is 12.0. The van der Waals surface area contributed by atoms with Gasteiger partial charge in [-0.25, -0.2) is 9.97 Å². The van der Waals surface area contributed by atoms with Crippen molar-refractivity contribution in [2.45, 2.75) is 39.7 Å². The lowest BCUT2D eigenvalue weighted by molar-refractivity contribution is -0.142. The molecule has 1 atom stereocenters. The molecule has 9 heteroatoms. The van der Waals surface area contributed by atoms with Crippen LogP contribution >= 0.6 is 0 Å². The summed E-state index contributed by atoms with van der Waals surface area (Å²) in [5.74, 6) is -0.961. The lowest BCUT2D eigenvalue weighted by Crippen LogP contribution is -2.34. The average Bonchev–Trinajstić information content (AvgIpc) is 3.29. The summed E-state index contributed by atoms with van der Waals surface area (Å²) in [7, 11) is 0. The van der Waals surface area contributed by atoms with Crippen molar-refractivity contribution >= 4 is 17.7 Å².